The summed E-state index contributed by atoms with van der Waals surface area (Å²) in [5, 5.41) is 0. The first-order valence-electron chi connectivity index (χ1n) is 5.28. The van der Waals surface area contributed by atoms with Gasteiger partial charge in [-0.2, -0.15) is 0 Å². The lowest BCUT2D eigenvalue weighted by Gasteiger charge is -2.03. The fraction of sp³-hybridized carbons (Fsp3) is 0.308. The van der Waals surface area contributed by atoms with E-state index in [0.29, 0.717) is 18.2 Å². The Labute approximate surface area is 95.9 Å². The van der Waals surface area contributed by atoms with Gasteiger partial charge in [0.25, 0.3) is 0 Å². The van der Waals surface area contributed by atoms with Crippen molar-refractivity contribution in [3.8, 4) is 0 Å². The van der Waals surface area contributed by atoms with Crippen LogP contribution in [-0.4, -0.2) is 12.6 Å². The van der Waals surface area contributed by atoms with Crippen molar-refractivity contribution < 1.29 is 9.53 Å². The summed E-state index contributed by atoms with van der Waals surface area (Å²) in [5.41, 5.74) is 7.18. The molecule has 0 radical (unpaired) electrons. The average molecular weight is 219 g/mol. The molecule has 0 aliphatic rings. The second kappa shape index (κ2) is 5.95. The SMILES string of the molecule is CC(C)COC(=O)/C=C/c1cccc(N)c1. The molecular weight excluding hydrogens is 202 g/mol. The summed E-state index contributed by atoms with van der Waals surface area (Å²) in [4.78, 5) is 11.3. The number of ether oxygens (including phenoxy) is 1. The molecule has 86 valence electrons. The normalized spacial score (nSPS) is 10.9. The molecule has 1 aromatic carbocycles. The molecule has 1 rings (SSSR count). The highest BCUT2D eigenvalue weighted by molar-refractivity contribution is 5.87. The minimum Gasteiger partial charge on any atom is -0.462 e. The first kappa shape index (κ1) is 12.3. The predicted octanol–water partition coefficient (Wildman–Crippen LogP) is 2.48. The zero-order chi connectivity index (χ0) is 12.0. The maximum Gasteiger partial charge on any atom is 0.330 e. The quantitative estimate of drug-likeness (QED) is 0.481. The number of benzene rings is 1. The van der Waals surface area contributed by atoms with E-state index in [0.717, 1.165) is 5.56 Å². The van der Waals surface area contributed by atoms with E-state index in [-0.39, 0.29) is 5.97 Å². The molecule has 0 fully saturated rings. The van der Waals surface area contributed by atoms with Gasteiger partial charge in [0.2, 0.25) is 0 Å². The van der Waals surface area contributed by atoms with Gasteiger partial charge in [-0.3, -0.25) is 0 Å². The van der Waals surface area contributed by atoms with Crippen molar-refractivity contribution in [1.82, 2.24) is 0 Å². The third-order valence-corrected chi connectivity index (χ3v) is 1.88. The van der Waals surface area contributed by atoms with Crippen LogP contribution in [0.2, 0.25) is 0 Å². The molecule has 1 aromatic rings. The Hall–Kier alpha value is -1.77. The van der Waals surface area contributed by atoms with Gasteiger partial charge in [0.05, 0.1) is 6.61 Å². The number of anilines is 1. The van der Waals surface area contributed by atoms with Crippen LogP contribution < -0.4 is 5.73 Å². The van der Waals surface area contributed by atoms with Crippen LogP contribution in [0.5, 0.6) is 0 Å². The molecule has 0 saturated carbocycles. The van der Waals surface area contributed by atoms with Crippen LogP contribution in [0, 0.1) is 5.92 Å². The van der Waals surface area contributed by atoms with E-state index in [9.17, 15) is 4.79 Å². The Morgan fingerprint density at radius 2 is 2.25 bits per heavy atom. The number of esters is 1. The summed E-state index contributed by atoms with van der Waals surface area (Å²) >= 11 is 0. The van der Waals surface area contributed by atoms with Crippen molar-refractivity contribution in [3.63, 3.8) is 0 Å². The molecule has 16 heavy (non-hydrogen) atoms. The number of nitrogen functional groups attached to an aromatic ring is 1. The van der Waals surface area contributed by atoms with Crippen LogP contribution in [0.4, 0.5) is 5.69 Å². The van der Waals surface area contributed by atoms with E-state index in [1.165, 1.54) is 6.08 Å². The summed E-state index contributed by atoms with van der Waals surface area (Å²) in [7, 11) is 0. The molecule has 0 atom stereocenters. The minimum absolute atomic E-state index is 0.323. The Morgan fingerprint density at radius 1 is 1.50 bits per heavy atom. The van der Waals surface area contributed by atoms with Crippen LogP contribution >= 0.6 is 0 Å². The van der Waals surface area contributed by atoms with Gasteiger partial charge in [-0.05, 0) is 29.7 Å². The van der Waals surface area contributed by atoms with Gasteiger partial charge in [0, 0.05) is 11.8 Å². The largest absolute Gasteiger partial charge is 0.462 e. The lowest BCUT2D eigenvalue weighted by Crippen LogP contribution is -2.06. The van der Waals surface area contributed by atoms with E-state index < -0.39 is 0 Å². The summed E-state index contributed by atoms with van der Waals surface area (Å²) in [6.07, 6.45) is 3.11. The molecule has 0 saturated heterocycles. The lowest BCUT2D eigenvalue weighted by molar-refractivity contribution is -0.138. The predicted molar refractivity (Wildman–Crippen MR) is 65.7 cm³/mol. The van der Waals surface area contributed by atoms with Crippen molar-refractivity contribution in [1.29, 1.82) is 0 Å². The zero-order valence-electron chi connectivity index (χ0n) is 9.64. The van der Waals surface area contributed by atoms with Gasteiger partial charge in [0.1, 0.15) is 0 Å². The van der Waals surface area contributed by atoms with Crippen LogP contribution in [-0.2, 0) is 9.53 Å². The highest BCUT2D eigenvalue weighted by Crippen LogP contribution is 2.08. The van der Waals surface area contributed by atoms with Crippen LogP contribution in [0.1, 0.15) is 19.4 Å². The molecule has 0 amide bonds. The number of hydrogen-bond donors (Lipinski definition) is 1. The molecule has 0 aliphatic carbocycles. The Kier molecular flexibility index (Phi) is 4.58. The second-order valence-corrected chi connectivity index (χ2v) is 4.03. The average Bonchev–Trinajstić information content (AvgIpc) is 2.23. The zero-order valence-corrected chi connectivity index (χ0v) is 9.64. The molecule has 0 spiro atoms. The van der Waals surface area contributed by atoms with Crippen LogP contribution in [0.3, 0.4) is 0 Å². The number of carbonyl (C=O) groups is 1. The van der Waals surface area contributed by atoms with Crippen molar-refractivity contribution in [2.24, 2.45) is 5.92 Å². The molecule has 3 nitrogen and oxygen atoms in total. The fourth-order valence-corrected chi connectivity index (χ4v) is 1.12. The topological polar surface area (TPSA) is 52.3 Å². The van der Waals surface area contributed by atoms with Crippen molar-refractivity contribution in [2.45, 2.75) is 13.8 Å². The number of rotatable bonds is 4. The molecular formula is C13H17NO2. The van der Waals surface area contributed by atoms with Gasteiger partial charge in [-0.25, -0.2) is 4.79 Å². The van der Waals surface area contributed by atoms with Gasteiger partial charge >= 0.3 is 5.97 Å². The maximum absolute atomic E-state index is 11.3. The number of carbonyl (C=O) groups excluding carboxylic acids is 1. The molecule has 2 N–H and O–H groups in total. The lowest BCUT2D eigenvalue weighted by atomic mass is 10.2. The van der Waals surface area contributed by atoms with Gasteiger partial charge in [-0.15, -0.1) is 0 Å². The number of hydrogen-bond acceptors (Lipinski definition) is 3. The molecule has 0 bridgehead atoms. The van der Waals surface area contributed by atoms with E-state index in [2.05, 4.69) is 0 Å². The Morgan fingerprint density at radius 3 is 2.88 bits per heavy atom. The van der Waals surface area contributed by atoms with Crippen molar-refractivity contribution >= 4 is 17.7 Å². The van der Waals surface area contributed by atoms with Gasteiger partial charge in [-0.1, -0.05) is 26.0 Å². The third-order valence-electron chi connectivity index (χ3n) is 1.88. The maximum atomic E-state index is 11.3. The molecule has 3 heteroatoms. The summed E-state index contributed by atoms with van der Waals surface area (Å²) in [6.45, 7) is 4.43. The fourth-order valence-electron chi connectivity index (χ4n) is 1.12. The smallest absolute Gasteiger partial charge is 0.330 e. The van der Waals surface area contributed by atoms with Crippen LogP contribution in [0.15, 0.2) is 30.3 Å². The third kappa shape index (κ3) is 4.64. The highest BCUT2D eigenvalue weighted by atomic mass is 16.5. The molecule has 0 aromatic heterocycles. The minimum atomic E-state index is -0.323. The summed E-state index contributed by atoms with van der Waals surface area (Å²) in [5.74, 6) is 0.0286. The van der Waals surface area contributed by atoms with E-state index in [1.807, 2.05) is 26.0 Å². The van der Waals surface area contributed by atoms with Crippen molar-refractivity contribution in [2.75, 3.05) is 12.3 Å². The van der Waals surface area contributed by atoms with E-state index in [1.54, 1.807) is 18.2 Å². The standard InChI is InChI=1S/C13H17NO2/c1-10(2)9-16-13(15)7-6-11-4-3-5-12(14)8-11/h3-8,10H,9,14H2,1-2H3/b7-6+. The molecule has 0 unspecified atom stereocenters. The molecule has 0 heterocycles. The first-order valence-corrected chi connectivity index (χ1v) is 5.28. The second-order valence-electron chi connectivity index (χ2n) is 4.03. The Bertz CT molecular complexity index is 383. The highest BCUT2D eigenvalue weighted by Gasteiger charge is 1.99. The van der Waals surface area contributed by atoms with Crippen molar-refractivity contribution in [3.05, 3.63) is 35.9 Å². The molecule has 0 aliphatic heterocycles. The first-order chi connectivity index (χ1) is 7.58. The van der Waals surface area contributed by atoms with E-state index >= 15 is 0 Å². The summed E-state index contributed by atoms with van der Waals surface area (Å²) < 4.78 is 5.00. The number of nitrogens with two attached hydrogens (primary N) is 1. The van der Waals surface area contributed by atoms with Gasteiger partial charge in [0.15, 0.2) is 0 Å². The monoisotopic (exact) mass is 219 g/mol. The van der Waals surface area contributed by atoms with E-state index in [4.69, 9.17) is 10.5 Å². The summed E-state index contributed by atoms with van der Waals surface area (Å²) in [6, 6.07) is 7.32. The van der Waals surface area contributed by atoms with Crippen LogP contribution in [0.25, 0.3) is 6.08 Å². The van der Waals surface area contributed by atoms with Gasteiger partial charge < -0.3 is 10.5 Å². The Balaban J connectivity index is 2.50.